The van der Waals surface area contributed by atoms with Crippen molar-refractivity contribution in [1.82, 2.24) is 21.3 Å². The number of carbonyl (C=O) groups excluding carboxylic acids is 4. The van der Waals surface area contributed by atoms with Crippen LogP contribution in [0.15, 0.2) is 20.0 Å². The quantitative estimate of drug-likeness (QED) is 0.175. The first kappa shape index (κ1) is 26.1. The zero-order chi connectivity index (χ0) is 20.7. The predicted octanol–water partition coefficient (Wildman–Crippen LogP) is -14.2. The Labute approximate surface area is 211 Å². The van der Waals surface area contributed by atoms with Gasteiger partial charge in [0.05, 0.1) is 24.6 Å². The van der Waals surface area contributed by atoms with E-state index in [0.717, 1.165) is 12.7 Å². The fraction of sp³-hybridized carbons (Fsp3) is 0.333. The molecule has 0 radical (unpaired) electrons. The number of hydrogen-bond donors (Lipinski definition) is 6. The Morgan fingerprint density at radius 2 is 1.17 bits per heavy atom. The van der Waals surface area contributed by atoms with Gasteiger partial charge in [-0.05, 0) is 0 Å². The average Bonchev–Trinajstić information content (AvgIpc) is 3.20. The van der Waals surface area contributed by atoms with Crippen LogP contribution in [0.3, 0.4) is 0 Å². The second-order valence-electron chi connectivity index (χ2n) is 5.59. The van der Waals surface area contributed by atoms with E-state index in [9.17, 15) is 29.4 Å². The Morgan fingerprint density at radius 3 is 1.47 bits per heavy atom. The number of fused-ring (bicyclic) bond motifs is 2. The molecule has 4 rings (SSSR count). The summed E-state index contributed by atoms with van der Waals surface area (Å²) in [4.78, 5) is 58.9. The standard InChI is InChI=1S/2C6H7N5O3.2Na/c2*7-5-10-2-6(4(13)14,3(12)11-5)9-1-8-2;;/h2*1,5H,7H2,(H,11,12)(H,13,14)(H,8,9,10);;/q;;2*+1/p-2. The number of carboxylic acid groups (broad SMARTS) is 2. The maximum Gasteiger partial charge on any atom is 1.00 e. The third-order valence-electron chi connectivity index (χ3n) is 3.95. The van der Waals surface area contributed by atoms with E-state index >= 15 is 0 Å². The van der Waals surface area contributed by atoms with Gasteiger partial charge in [0.25, 0.3) is 11.8 Å². The first-order chi connectivity index (χ1) is 13.1. The van der Waals surface area contributed by atoms with E-state index in [2.05, 4.69) is 41.2 Å². The number of carbonyl (C=O) groups is 4. The molecule has 0 bridgehead atoms. The molecule has 8 N–H and O–H groups in total. The summed E-state index contributed by atoms with van der Waals surface area (Å²) in [6.07, 6.45) is 0.233. The monoisotopic (exact) mass is 438 g/mol. The van der Waals surface area contributed by atoms with Crippen molar-refractivity contribution in [2.45, 2.75) is 23.7 Å². The zero-order valence-corrected chi connectivity index (χ0v) is 19.7. The Bertz CT molecular complexity index is 834. The normalized spacial score (nSPS) is 31.9. The molecule has 0 spiro atoms. The predicted molar refractivity (Wildman–Crippen MR) is 85.8 cm³/mol. The number of aliphatic carboxylic acids is 2. The maximum absolute atomic E-state index is 11.4. The number of nitrogens with zero attached hydrogens (tertiary/aromatic N) is 4. The molecule has 0 aromatic rings. The van der Waals surface area contributed by atoms with Crippen LogP contribution in [0.4, 0.5) is 0 Å². The zero-order valence-electron chi connectivity index (χ0n) is 15.7. The minimum atomic E-state index is -2.09. The van der Waals surface area contributed by atoms with Crippen LogP contribution in [0.2, 0.25) is 0 Å². The third kappa shape index (κ3) is 4.00. The molecule has 0 aromatic heterocycles. The second-order valence-corrected chi connectivity index (χ2v) is 5.59. The fourth-order valence-corrected chi connectivity index (χ4v) is 2.61. The summed E-state index contributed by atoms with van der Waals surface area (Å²) in [6.45, 7) is 0. The van der Waals surface area contributed by atoms with Crippen molar-refractivity contribution < 1.29 is 88.5 Å². The molecular weight excluding hydrogens is 426 g/mol. The van der Waals surface area contributed by atoms with Gasteiger partial charge in [-0.2, -0.15) is 0 Å². The molecule has 4 aliphatic rings. The summed E-state index contributed by atoms with van der Waals surface area (Å²) in [5.74, 6) is -5.21. The minimum absolute atomic E-state index is 0. The maximum atomic E-state index is 11.4. The van der Waals surface area contributed by atoms with Gasteiger partial charge in [0.2, 0.25) is 11.1 Å². The summed E-state index contributed by atoms with van der Waals surface area (Å²) in [6, 6.07) is 0. The fourth-order valence-electron chi connectivity index (χ4n) is 2.61. The number of amidine groups is 2. The van der Waals surface area contributed by atoms with Crippen molar-refractivity contribution in [3.8, 4) is 0 Å². The van der Waals surface area contributed by atoms with E-state index in [1.54, 1.807) is 0 Å². The summed E-state index contributed by atoms with van der Waals surface area (Å²) >= 11 is 0. The molecule has 4 aliphatic heterocycles. The van der Waals surface area contributed by atoms with Gasteiger partial charge in [-0.3, -0.25) is 21.1 Å². The smallest absolute Gasteiger partial charge is 0.546 e. The number of nitrogens with one attached hydrogen (secondary N) is 4. The van der Waals surface area contributed by atoms with Gasteiger partial charge < -0.3 is 41.1 Å². The van der Waals surface area contributed by atoms with Crippen LogP contribution in [0, 0.1) is 0 Å². The molecule has 0 fully saturated rings. The van der Waals surface area contributed by atoms with E-state index in [4.69, 9.17) is 11.5 Å². The summed E-state index contributed by atoms with van der Waals surface area (Å²) < 4.78 is 0. The van der Waals surface area contributed by atoms with Crippen LogP contribution in [0.5, 0.6) is 0 Å². The average molecular weight is 438 g/mol. The Morgan fingerprint density at radius 1 is 0.833 bits per heavy atom. The van der Waals surface area contributed by atoms with Crippen LogP contribution >= 0.6 is 0 Å². The number of aliphatic imine (C=N–C) groups is 4. The summed E-state index contributed by atoms with van der Waals surface area (Å²) in [5.41, 5.74) is 6.45. The number of carboxylic acids is 2. The van der Waals surface area contributed by atoms with E-state index < -0.39 is 47.4 Å². The Balaban J connectivity index is 0.000000281. The summed E-state index contributed by atoms with van der Waals surface area (Å²) in [5, 5.41) is 30.8. The van der Waals surface area contributed by atoms with E-state index in [1.165, 1.54) is 0 Å². The summed E-state index contributed by atoms with van der Waals surface area (Å²) in [7, 11) is 0. The Kier molecular flexibility index (Phi) is 8.25. The minimum Gasteiger partial charge on any atom is -0.546 e. The molecule has 30 heavy (non-hydrogen) atoms. The van der Waals surface area contributed by atoms with Crippen molar-refractivity contribution in [2.75, 3.05) is 0 Å². The van der Waals surface area contributed by atoms with Gasteiger partial charge in [0.15, 0.2) is 12.6 Å². The van der Waals surface area contributed by atoms with Gasteiger partial charge in [0, 0.05) is 0 Å². The SMILES string of the molecule is NC1N=C2NC=NC2(C(=O)[O-])C(=O)N1.NC1N=C2NC=NC2(C(=O)[O-])C(=O)N1.[Na+].[Na+]. The van der Waals surface area contributed by atoms with Crippen molar-refractivity contribution in [1.29, 1.82) is 0 Å². The molecule has 18 heteroatoms. The third-order valence-corrected chi connectivity index (χ3v) is 3.95. The molecule has 0 aliphatic carbocycles. The molecule has 16 nitrogen and oxygen atoms in total. The van der Waals surface area contributed by atoms with Gasteiger partial charge in [-0.15, -0.1) is 0 Å². The molecule has 4 heterocycles. The van der Waals surface area contributed by atoms with Crippen molar-refractivity contribution >= 4 is 48.1 Å². The van der Waals surface area contributed by atoms with E-state index in [-0.39, 0.29) is 70.8 Å². The van der Waals surface area contributed by atoms with Crippen LogP contribution in [-0.4, -0.2) is 71.8 Å². The first-order valence-corrected chi connectivity index (χ1v) is 7.47. The van der Waals surface area contributed by atoms with Crippen LogP contribution in [0.25, 0.3) is 0 Å². The Hall–Kier alpha value is -1.92. The van der Waals surface area contributed by atoms with Gasteiger partial charge in [-0.1, -0.05) is 0 Å². The van der Waals surface area contributed by atoms with E-state index in [1.807, 2.05) is 0 Å². The van der Waals surface area contributed by atoms with Crippen molar-refractivity contribution in [2.24, 2.45) is 31.4 Å². The van der Waals surface area contributed by atoms with Crippen molar-refractivity contribution in [3.05, 3.63) is 0 Å². The molecule has 4 atom stereocenters. The van der Waals surface area contributed by atoms with E-state index in [0.29, 0.717) is 0 Å². The topological polar surface area (TPSA) is 264 Å². The number of hydrogen-bond acceptors (Lipinski definition) is 14. The van der Waals surface area contributed by atoms with Crippen molar-refractivity contribution in [3.63, 3.8) is 0 Å². The molecule has 2 amide bonds. The first-order valence-electron chi connectivity index (χ1n) is 7.47. The molecule has 0 saturated heterocycles. The number of amides is 2. The van der Waals surface area contributed by atoms with Crippen LogP contribution in [0.1, 0.15) is 0 Å². The second kappa shape index (κ2) is 9.48. The molecule has 148 valence electrons. The largest absolute Gasteiger partial charge is 1.00 e. The van der Waals surface area contributed by atoms with Crippen LogP contribution in [-0.2, 0) is 19.2 Å². The van der Waals surface area contributed by atoms with Gasteiger partial charge in [0.1, 0.15) is 11.7 Å². The molecule has 0 saturated carbocycles. The number of nitrogens with two attached hydrogens (primary N) is 2. The molecule has 0 aromatic carbocycles. The van der Waals surface area contributed by atoms with Gasteiger partial charge >= 0.3 is 59.1 Å². The van der Waals surface area contributed by atoms with Crippen LogP contribution < -0.4 is 102 Å². The molecular formula is C12H12N10Na2O6. The number of rotatable bonds is 2. The molecule has 4 unspecified atom stereocenters. The van der Waals surface area contributed by atoms with Gasteiger partial charge in [-0.25, -0.2) is 20.0 Å².